The van der Waals surface area contributed by atoms with Crippen LogP contribution in [0.4, 0.5) is 0 Å². The maximum atomic E-state index is 11.4. The molecule has 1 amide bonds. The van der Waals surface area contributed by atoms with E-state index in [0.717, 1.165) is 12.7 Å². The molecule has 1 unspecified atom stereocenters. The van der Waals surface area contributed by atoms with Gasteiger partial charge in [-0.05, 0) is 18.9 Å². The molecule has 6 nitrogen and oxygen atoms in total. The highest BCUT2D eigenvalue weighted by Gasteiger charge is 2.09. The first-order chi connectivity index (χ1) is 7.89. The monoisotopic (exact) mass is 265 g/mol. The Morgan fingerprint density at radius 1 is 1.35 bits per heavy atom. The fourth-order valence-corrected chi connectivity index (χ4v) is 1.82. The molecular formula is C10H23N3O3S. The second-order valence-corrected chi connectivity index (χ2v) is 5.92. The van der Waals surface area contributed by atoms with E-state index in [-0.39, 0.29) is 11.8 Å². The smallest absolute Gasteiger partial charge is 0.220 e. The number of carbonyl (C=O) groups excluding carboxylic acids is 1. The zero-order valence-corrected chi connectivity index (χ0v) is 11.3. The molecule has 0 rings (SSSR count). The Kier molecular flexibility index (Phi) is 8.11. The number of carbonyl (C=O) groups is 1. The van der Waals surface area contributed by atoms with Crippen LogP contribution in [0.15, 0.2) is 0 Å². The van der Waals surface area contributed by atoms with E-state index < -0.39 is 10.0 Å². The Morgan fingerprint density at radius 2 is 2.00 bits per heavy atom. The molecule has 0 heterocycles. The van der Waals surface area contributed by atoms with Gasteiger partial charge in [0.2, 0.25) is 15.9 Å². The van der Waals surface area contributed by atoms with Crippen LogP contribution in [0.2, 0.25) is 0 Å². The summed E-state index contributed by atoms with van der Waals surface area (Å²) in [6, 6.07) is 0. The molecule has 0 saturated carbocycles. The summed E-state index contributed by atoms with van der Waals surface area (Å²) in [5.41, 5.74) is 5.50. The first kappa shape index (κ1) is 16.3. The van der Waals surface area contributed by atoms with Crippen LogP contribution in [-0.2, 0) is 14.8 Å². The molecule has 0 aliphatic carbocycles. The van der Waals surface area contributed by atoms with Crippen molar-refractivity contribution in [2.24, 2.45) is 11.7 Å². The lowest BCUT2D eigenvalue weighted by atomic mass is 10.0. The summed E-state index contributed by atoms with van der Waals surface area (Å²) < 4.78 is 23.8. The lowest BCUT2D eigenvalue weighted by molar-refractivity contribution is -0.121. The van der Waals surface area contributed by atoms with Crippen molar-refractivity contribution in [3.63, 3.8) is 0 Å². The van der Waals surface area contributed by atoms with Gasteiger partial charge in [0.15, 0.2) is 0 Å². The van der Waals surface area contributed by atoms with Gasteiger partial charge in [-0.25, -0.2) is 13.1 Å². The minimum atomic E-state index is -3.13. The minimum absolute atomic E-state index is 0.0262. The van der Waals surface area contributed by atoms with Crippen LogP contribution in [0, 0.1) is 5.92 Å². The largest absolute Gasteiger partial charge is 0.356 e. The third-order valence-electron chi connectivity index (χ3n) is 2.42. The van der Waals surface area contributed by atoms with E-state index in [4.69, 9.17) is 5.73 Å². The van der Waals surface area contributed by atoms with Crippen LogP contribution >= 0.6 is 0 Å². The van der Waals surface area contributed by atoms with Crippen LogP contribution in [0.3, 0.4) is 0 Å². The summed E-state index contributed by atoms with van der Waals surface area (Å²) in [4.78, 5) is 11.4. The van der Waals surface area contributed by atoms with Crippen molar-refractivity contribution in [2.75, 3.05) is 25.9 Å². The Hall–Kier alpha value is -0.660. The fraction of sp³-hybridized carbons (Fsp3) is 0.900. The van der Waals surface area contributed by atoms with Crippen LogP contribution < -0.4 is 15.8 Å². The molecule has 4 N–H and O–H groups in total. The number of rotatable bonds is 9. The number of sulfonamides is 1. The van der Waals surface area contributed by atoms with E-state index in [2.05, 4.69) is 10.0 Å². The average Bonchev–Trinajstić information content (AvgIpc) is 2.23. The molecule has 0 spiro atoms. The first-order valence-electron chi connectivity index (χ1n) is 5.80. The molecule has 0 aliphatic heterocycles. The highest BCUT2D eigenvalue weighted by Crippen LogP contribution is 2.04. The van der Waals surface area contributed by atoms with Crippen LogP contribution in [0.25, 0.3) is 0 Å². The van der Waals surface area contributed by atoms with E-state index in [1.54, 1.807) is 0 Å². The predicted octanol–water partition coefficient (Wildman–Crippen LogP) is -0.583. The number of hydrogen-bond donors (Lipinski definition) is 3. The second kappa shape index (κ2) is 8.43. The van der Waals surface area contributed by atoms with E-state index in [0.29, 0.717) is 32.5 Å². The fourth-order valence-electron chi connectivity index (χ4n) is 1.30. The van der Waals surface area contributed by atoms with E-state index in [9.17, 15) is 13.2 Å². The zero-order chi connectivity index (χ0) is 13.3. The Balaban J connectivity index is 3.58. The van der Waals surface area contributed by atoms with Gasteiger partial charge in [0.05, 0.1) is 6.26 Å². The van der Waals surface area contributed by atoms with Gasteiger partial charge in [0.25, 0.3) is 0 Å². The number of nitrogens with one attached hydrogen (secondary N) is 2. The van der Waals surface area contributed by atoms with Crippen molar-refractivity contribution < 1.29 is 13.2 Å². The molecule has 0 aliphatic rings. The Morgan fingerprint density at radius 3 is 2.47 bits per heavy atom. The van der Waals surface area contributed by atoms with Crippen molar-refractivity contribution >= 4 is 15.9 Å². The van der Waals surface area contributed by atoms with E-state index in [1.165, 1.54) is 0 Å². The molecule has 0 bridgehead atoms. The van der Waals surface area contributed by atoms with Crippen molar-refractivity contribution in [1.82, 2.24) is 10.0 Å². The normalized spacial score (nSPS) is 13.4. The zero-order valence-electron chi connectivity index (χ0n) is 10.5. The third-order valence-corrected chi connectivity index (χ3v) is 3.15. The molecule has 0 aromatic carbocycles. The van der Waals surface area contributed by atoms with Gasteiger partial charge in [-0.2, -0.15) is 0 Å². The van der Waals surface area contributed by atoms with Gasteiger partial charge in [-0.1, -0.05) is 13.3 Å². The predicted molar refractivity (Wildman–Crippen MR) is 67.9 cm³/mol. The quantitative estimate of drug-likeness (QED) is 0.485. The van der Waals surface area contributed by atoms with Gasteiger partial charge in [-0.15, -0.1) is 0 Å². The summed E-state index contributed by atoms with van der Waals surface area (Å²) in [7, 11) is -3.13. The molecule has 0 radical (unpaired) electrons. The van der Waals surface area contributed by atoms with Gasteiger partial charge in [0, 0.05) is 19.5 Å². The molecule has 17 heavy (non-hydrogen) atoms. The van der Waals surface area contributed by atoms with Crippen LogP contribution in [0.5, 0.6) is 0 Å². The second-order valence-electron chi connectivity index (χ2n) is 4.08. The Bertz CT molecular complexity index is 313. The molecule has 0 aromatic rings. The topological polar surface area (TPSA) is 101 Å². The van der Waals surface area contributed by atoms with Crippen molar-refractivity contribution in [2.45, 2.75) is 26.2 Å². The minimum Gasteiger partial charge on any atom is -0.356 e. The number of nitrogens with two attached hydrogens (primary N) is 1. The third kappa shape index (κ3) is 10.2. The summed E-state index contributed by atoms with van der Waals surface area (Å²) in [6.45, 7) is 3.33. The van der Waals surface area contributed by atoms with E-state index >= 15 is 0 Å². The highest BCUT2D eigenvalue weighted by molar-refractivity contribution is 7.88. The number of hydrogen-bond acceptors (Lipinski definition) is 4. The maximum absolute atomic E-state index is 11.4. The van der Waals surface area contributed by atoms with Gasteiger partial charge in [-0.3, -0.25) is 4.79 Å². The van der Waals surface area contributed by atoms with Crippen molar-refractivity contribution in [1.29, 1.82) is 0 Å². The van der Waals surface area contributed by atoms with Gasteiger partial charge >= 0.3 is 0 Å². The SMILES string of the molecule is CCC(CN)CC(=O)NCCCNS(C)(=O)=O. The summed E-state index contributed by atoms with van der Waals surface area (Å²) in [5, 5.41) is 2.74. The average molecular weight is 265 g/mol. The lowest BCUT2D eigenvalue weighted by Gasteiger charge is -2.11. The van der Waals surface area contributed by atoms with Gasteiger partial charge < -0.3 is 11.1 Å². The molecule has 102 valence electrons. The first-order valence-corrected chi connectivity index (χ1v) is 7.69. The van der Waals surface area contributed by atoms with Crippen molar-refractivity contribution in [3.05, 3.63) is 0 Å². The van der Waals surface area contributed by atoms with E-state index in [1.807, 2.05) is 6.92 Å². The van der Waals surface area contributed by atoms with Gasteiger partial charge in [0.1, 0.15) is 0 Å². The Labute approximate surface area is 103 Å². The lowest BCUT2D eigenvalue weighted by Crippen LogP contribution is -2.31. The summed E-state index contributed by atoms with van der Waals surface area (Å²) in [5.74, 6) is 0.200. The molecule has 1 atom stereocenters. The van der Waals surface area contributed by atoms with Crippen LogP contribution in [-0.4, -0.2) is 40.2 Å². The van der Waals surface area contributed by atoms with Crippen molar-refractivity contribution in [3.8, 4) is 0 Å². The summed E-state index contributed by atoms with van der Waals surface area (Å²) in [6.07, 6.45) is 3.02. The molecule has 0 saturated heterocycles. The van der Waals surface area contributed by atoms with Crippen LogP contribution in [0.1, 0.15) is 26.2 Å². The molecule has 0 aromatic heterocycles. The molecule has 0 fully saturated rings. The standard InChI is InChI=1S/C10H23N3O3S/c1-3-9(8-11)7-10(14)12-5-4-6-13-17(2,15)16/h9,13H,3-8,11H2,1-2H3,(H,12,14). The maximum Gasteiger partial charge on any atom is 0.220 e. The summed E-state index contributed by atoms with van der Waals surface area (Å²) >= 11 is 0. The molecular weight excluding hydrogens is 242 g/mol. The molecule has 7 heteroatoms. The highest BCUT2D eigenvalue weighted by atomic mass is 32.2. The number of amides is 1.